The summed E-state index contributed by atoms with van der Waals surface area (Å²) in [7, 11) is 0. The van der Waals surface area contributed by atoms with Gasteiger partial charge in [0.25, 0.3) is 0 Å². The minimum absolute atomic E-state index is 0.495. The van der Waals surface area contributed by atoms with E-state index >= 15 is 0 Å². The van der Waals surface area contributed by atoms with Gasteiger partial charge in [0.15, 0.2) is 0 Å². The molecular formula is C11H21N. The second kappa shape index (κ2) is 2.73. The van der Waals surface area contributed by atoms with E-state index in [9.17, 15) is 0 Å². The summed E-state index contributed by atoms with van der Waals surface area (Å²) in [6.45, 7) is 7.17. The molecule has 0 heterocycles. The summed E-state index contributed by atoms with van der Waals surface area (Å²) in [4.78, 5) is 0. The number of nitrogens with two attached hydrogens (primary N) is 1. The third-order valence-corrected chi connectivity index (χ3v) is 4.79. The highest BCUT2D eigenvalue weighted by atomic mass is 14.7. The first kappa shape index (κ1) is 8.55. The summed E-state index contributed by atoms with van der Waals surface area (Å²) in [6.07, 6.45) is 2.83. The van der Waals surface area contributed by atoms with Crippen molar-refractivity contribution in [2.75, 3.05) is 0 Å². The highest BCUT2D eigenvalue weighted by Gasteiger charge is 2.47. The molecule has 2 bridgehead atoms. The predicted octanol–water partition coefficient (Wildman–Crippen LogP) is 2.26. The molecule has 1 nitrogen and oxygen atoms in total. The van der Waals surface area contributed by atoms with Gasteiger partial charge < -0.3 is 5.73 Å². The van der Waals surface area contributed by atoms with Gasteiger partial charge >= 0.3 is 0 Å². The van der Waals surface area contributed by atoms with Gasteiger partial charge in [-0.2, -0.15) is 0 Å². The Balaban J connectivity index is 2.23. The second-order valence-corrected chi connectivity index (χ2v) is 5.06. The maximum absolute atomic E-state index is 6.22. The first-order valence-corrected chi connectivity index (χ1v) is 5.38. The van der Waals surface area contributed by atoms with Crippen molar-refractivity contribution in [2.45, 2.75) is 39.7 Å². The molecule has 0 aliphatic heterocycles. The Hall–Kier alpha value is -0.0400. The van der Waals surface area contributed by atoms with E-state index in [4.69, 9.17) is 5.73 Å². The summed E-state index contributed by atoms with van der Waals surface area (Å²) in [6, 6.07) is 0.495. The minimum Gasteiger partial charge on any atom is -0.327 e. The van der Waals surface area contributed by atoms with E-state index in [0.29, 0.717) is 6.04 Å². The fourth-order valence-electron chi connectivity index (χ4n) is 3.65. The average molecular weight is 167 g/mol. The van der Waals surface area contributed by atoms with Crippen LogP contribution in [0.1, 0.15) is 33.6 Å². The smallest absolute Gasteiger partial charge is 0.00983 e. The zero-order valence-corrected chi connectivity index (χ0v) is 8.46. The highest BCUT2D eigenvalue weighted by molar-refractivity contribution is 4.99. The van der Waals surface area contributed by atoms with Gasteiger partial charge in [-0.3, -0.25) is 0 Å². The molecule has 0 aromatic heterocycles. The molecule has 0 amide bonds. The van der Waals surface area contributed by atoms with Crippen LogP contribution in [0.3, 0.4) is 0 Å². The molecular weight excluding hydrogens is 146 g/mol. The van der Waals surface area contributed by atoms with Crippen molar-refractivity contribution < 1.29 is 0 Å². The third-order valence-electron chi connectivity index (χ3n) is 4.79. The molecule has 0 aromatic rings. The first-order valence-electron chi connectivity index (χ1n) is 5.38. The van der Waals surface area contributed by atoms with Crippen molar-refractivity contribution in [2.24, 2.45) is 35.3 Å². The number of fused-ring (bicyclic) bond motifs is 3. The SMILES string of the molecule is CC1C(C)C2CCC1C(C)C2N. The van der Waals surface area contributed by atoms with Crippen LogP contribution in [0.4, 0.5) is 0 Å². The number of rotatable bonds is 0. The van der Waals surface area contributed by atoms with Gasteiger partial charge in [-0.1, -0.05) is 20.8 Å². The lowest BCUT2D eigenvalue weighted by atomic mass is 9.54. The van der Waals surface area contributed by atoms with Crippen LogP contribution in [0.25, 0.3) is 0 Å². The molecule has 0 aromatic carbocycles. The Morgan fingerprint density at radius 3 is 1.92 bits per heavy atom. The van der Waals surface area contributed by atoms with Gasteiger partial charge in [-0.25, -0.2) is 0 Å². The van der Waals surface area contributed by atoms with Crippen LogP contribution in [0.15, 0.2) is 0 Å². The first-order chi connectivity index (χ1) is 5.63. The maximum Gasteiger partial charge on any atom is 0.00983 e. The summed E-state index contributed by atoms with van der Waals surface area (Å²) >= 11 is 0. The van der Waals surface area contributed by atoms with E-state index in [2.05, 4.69) is 20.8 Å². The molecule has 0 radical (unpaired) electrons. The van der Waals surface area contributed by atoms with Gasteiger partial charge in [0.05, 0.1) is 0 Å². The van der Waals surface area contributed by atoms with Crippen LogP contribution in [0.5, 0.6) is 0 Å². The summed E-state index contributed by atoms with van der Waals surface area (Å²) in [5.74, 6) is 4.29. The standard InChI is InChI=1S/C11H21N/c1-6-7(2)10-5-4-9(6)8(3)11(10)12/h6-11H,4-5,12H2,1-3H3. The minimum atomic E-state index is 0.495. The predicted molar refractivity (Wildman–Crippen MR) is 51.7 cm³/mol. The van der Waals surface area contributed by atoms with E-state index in [1.54, 1.807) is 0 Å². The monoisotopic (exact) mass is 167 g/mol. The summed E-state index contributed by atoms with van der Waals surface area (Å²) in [5, 5.41) is 0. The van der Waals surface area contributed by atoms with E-state index in [1.807, 2.05) is 0 Å². The van der Waals surface area contributed by atoms with Gasteiger partial charge in [-0.15, -0.1) is 0 Å². The van der Waals surface area contributed by atoms with Crippen molar-refractivity contribution in [1.82, 2.24) is 0 Å². The topological polar surface area (TPSA) is 26.0 Å². The Kier molecular flexibility index (Phi) is 1.95. The molecule has 0 spiro atoms. The lowest BCUT2D eigenvalue weighted by molar-refractivity contribution is -0.0181. The molecule has 0 saturated heterocycles. The molecule has 1 heteroatoms. The van der Waals surface area contributed by atoms with E-state index in [-0.39, 0.29) is 0 Å². The number of hydrogen-bond donors (Lipinski definition) is 1. The van der Waals surface area contributed by atoms with Crippen molar-refractivity contribution in [3.05, 3.63) is 0 Å². The van der Waals surface area contributed by atoms with Crippen molar-refractivity contribution in [1.29, 1.82) is 0 Å². The van der Waals surface area contributed by atoms with Crippen molar-refractivity contribution in [3.63, 3.8) is 0 Å². The molecule has 12 heavy (non-hydrogen) atoms. The van der Waals surface area contributed by atoms with E-state index < -0.39 is 0 Å². The molecule has 3 saturated carbocycles. The molecule has 3 aliphatic carbocycles. The quantitative estimate of drug-likeness (QED) is 0.588. The van der Waals surface area contributed by atoms with E-state index in [1.165, 1.54) is 12.8 Å². The molecule has 70 valence electrons. The Morgan fingerprint density at radius 1 is 0.833 bits per heavy atom. The van der Waals surface area contributed by atoms with Crippen LogP contribution in [0.2, 0.25) is 0 Å². The zero-order valence-electron chi connectivity index (χ0n) is 8.46. The lowest BCUT2D eigenvalue weighted by Gasteiger charge is -2.53. The summed E-state index contributed by atoms with van der Waals surface area (Å²) < 4.78 is 0. The molecule has 2 N–H and O–H groups in total. The molecule has 6 atom stereocenters. The molecule has 3 fully saturated rings. The van der Waals surface area contributed by atoms with Crippen LogP contribution < -0.4 is 5.73 Å². The maximum atomic E-state index is 6.22. The van der Waals surface area contributed by atoms with Crippen LogP contribution in [-0.4, -0.2) is 6.04 Å². The van der Waals surface area contributed by atoms with Crippen molar-refractivity contribution in [3.8, 4) is 0 Å². The Morgan fingerprint density at radius 2 is 1.33 bits per heavy atom. The Labute approximate surface area is 75.7 Å². The van der Waals surface area contributed by atoms with Gasteiger partial charge in [0, 0.05) is 6.04 Å². The highest BCUT2D eigenvalue weighted by Crippen LogP contribution is 2.50. The normalized spacial score (nSPS) is 59.0. The molecule has 6 unspecified atom stereocenters. The van der Waals surface area contributed by atoms with Crippen LogP contribution in [0, 0.1) is 29.6 Å². The van der Waals surface area contributed by atoms with Crippen LogP contribution in [-0.2, 0) is 0 Å². The zero-order chi connectivity index (χ0) is 8.88. The Bertz CT molecular complexity index is 142. The second-order valence-electron chi connectivity index (χ2n) is 5.06. The fourth-order valence-corrected chi connectivity index (χ4v) is 3.65. The van der Waals surface area contributed by atoms with Crippen molar-refractivity contribution >= 4 is 0 Å². The molecule has 3 aliphatic rings. The fraction of sp³-hybridized carbons (Fsp3) is 1.00. The number of hydrogen-bond acceptors (Lipinski definition) is 1. The lowest BCUT2D eigenvalue weighted by Crippen LogP contribution is -2.54. The van der Waals surface area contributed by atoms with E-state index in [0.717, 1.165) is 29.6 Å². The summed E-state index contributed by atoms with van der Waals surface area (Å²) in [5.41, 5.74) is 6.22. The third kappa shape index (κ3) is 0.953. The van der Waals surface area contributed by atoms with Crippen LogP contribution >= 0.6 is 0 Å². The molecule has 3 rings (SSSR count). The van der Waals surface area contributed by atoms with Gasteiger partial charge in [0.2, 0.25) is 0 Å². The van der Waals surface area contributed by atoms with Gasteiger partial charge in [0.1, 0.15) is 0 Å². The van der Waals surface area contributed by atoms with Gasteiger partial charge in [-0.05, 0) is 42.4 Å². The largest absolute Gasteiger partial charge is 0.327 e. The average Bonchev–Trinajstić information content (AvgIpc) is 2.05.